The molecule has 1 fully saturated rings. The molecule has 0 aromatic carbocycles. The van der Waals surface area contributed by atoms with Gasteiger partial charge in [0.05, 0.1) is 6.10 Å². The molecule has 0 aromatic heterocycles. The topological polar surface area (TPSA) is 38.3 Å². The lowest BCUT2D eigenvalue weighted by Crippen LogP contribution is -2.30. The highest BCUT2D eigenvalue weighted by molar-refractivity contribution is 9.09. The van der Waals surface area contributed by atoms with E-state index in [-0.39, 0.29) is 5.91 Å². The van der Waals surface area contributed by atoms with E-state index in [1.54, 1.807) is 0 Å². The molecule has 3 nitrogen and oxygen atoms in total. The third-order valence-corrected chi connectivity index (χ3v) is 3.66. The highest BCUT2D eigenvalue weighted by Crippen LogP contribution is 2.16. The number of ether oxygens (including phenoxy) is 1. The lowest BCUT2D eigenvalue weighted by molar-refractivity contribution is -0.121. The summed E-state index contributed by atoms with van der Waals surface area (Å²) in [6.07, 6.45) is 5.11. The van der Waals surface area contributed by atoms with Gasteiger partial charge in [0, 0.05) is 24.4 Å². The predicted molar refractivity (Wildman–Crippen MR) is 73.4 cm³/mol. The first kappa shape index (κ1) is 15.0. The van der Waals surface area contributed by atoms with Crippen molar-refractivity contribution in [3.63, 3.8) is 0 Å². The fourth-order valence-corrected chi connectivity index (χ4v) is 2.98. The number of carbonyl (C=O) groups excluding carboxylic acids is 1. The van der Waals surface area contributed by atoms with Crippen molar-refractivity contribution in [3.05, 3.63) is 0 Å². The molecule has 4 heteroatoms. The van der Waals surface area contributed by atoms with E-state index in [0.29, 0.717) is 23.3 Å². The molecular weight excluding hydrogens is 282 g/mol. The Labute approximate surface area is 113 Å². The Hall–Kier alpha value is -0.0900. The van der Waals surface area contributed by atoms with Crippen LogP contribution in [0.25, 0.3) is 0 Å². The van der Waals surface area contributed by atoms with Crippen LogP contribution < -0.4 is 5.32 Å². The van der Waals surface area contributed by atoms with Gasteiger partial charge >= 0.3 is 0 Å². The average molecular weight is 306 g/mol. The van der Waals surface area contributed by atoms with Gasteiger partial charge in [-0.2, -0.15) is 0 Å². The Morgan fingerprint density at radius 3 is 2.88 bits per heavy atom. The van der Waals surface area contributed by atoms with Crippen molar-refractivity contribution in [2.45, 2.75) is 56.9 Å². The van der Waals surface area contributed by atoms with Gasteiger partial charge in [-0.3, -0.25) is 4.79 Å². The zero-order chi connectivity index (χ0) is 12.7. The fourth-order valence-electron chi connectivity index (χ4n) is 2.07. The predicted octanol–water partition coefficient (Wildman–Crippen LogP) is 2.87. The molecule has 0 spiro atoms. The summed E-state index contributed by atoms with van der Waals surface area (Å²) in [5, 5.41) is 2.97. The maximum atomic E-state index is 11.6. The smallest absolute Gasteiger partial charge is 0.220 e. The van der Waals surface area contributed by atoms with Crippen molar-refractivity contribution >= 4 is 21.8 Å². The van der Waals surface area contributed by atoms with Crippen LogP contribution in [0.5, 0.6) is 0 Å². The van der Waals surface area contributed by atoms with Crippen molar-refractivity contribution in [1.29, 1.82) is 0 Å². The summed E-state index contributed by atoms with van der Waals surface area (Å²) in [6, 6.07) is 0. The van der Waals surface area contributed by atoms with Crippen LogP contribution in [-0.2, 0) is 9.53 Å². The van der Waals surface area contributed by atoms with Gasteiger partial charge in [-0.1, -0.05) is 29.8 Å². The number of amides is 1. The van der Waals surface area contributed by atoms with E-state index in [0.717, 1.165) is 38.8 Å². The van der Waals surface area contributed by atoms with Crippen molar-refractivity contribution in [2.75, 3.05) is 13.2 Å². The zero-order valence-electron chi connectivity index (χ0n) is 10.9. The molecule has 0 saturated carbocycles. The maximum Gasteiger partial charge on any atom is 0.220 e. The number of carbonyl (C=O) groups is 1. The second kappa shape index (κ2) is 8.09. The second-order valence-corrected chi connectivity index (χ2v) is 6.50. The van der Waals surface area contributed by atoms with Crippen molar-refractivity contribution in [1.82, 2.24) is 5.32 Å². The molecule has 1 aliphatic rings. The number of hydrogen-bond acceptors (Lipinski definition) is 2. The third-order valence-electron chi connectivity index (χ3n) is 2.97. The van der Waals surface area contributed by atoms with Gasteiger partial charge in [0.15, 0.2) is 0 Å². The molecule has 0 radical (unpaired) electrons. The summed E-state index contributed by atoms with van der Waals surface area (Å²) in [6.45, 7) is 5.97. The Balaban J connectivity index is 2.04. The van der Waals surface area contributed by atoms with Crippen LogP contribution in [0.1, 0.15) is 46.0 Å². The van der Waals surface area contributed by atoms with Crippen LogP contribution >= 0.6 is 15.9 Å². The first-order valence-corrected chi connectivity index (χ1v) is 7.52. The lowest BCUT2D eigenvalue weighted by atomic mass is 10.1. The van der Waals surface area contributed by atoms with E-state index in [2.05, 4.69) is 35.1 Å². The van der Waals surface area contributed by atoms with Gasteiger partial charge < -0.3 is 10.1 Å². The van der Waals surface area contributed by atoms with E-state index < -0.39 is 0 Å². The van der Waals surface area contributed by atoms with Crippen molar-refractivity contribution in [3.8, 4) is 0 Å². The van der Waals surface area contributed by atoms with E-state index in [4.69, 9.17) is 4.74 Å². The summed E-state index contributed by atoms with van der Waals surface area (Å²) in [4.78, 5) is 12.0. The summed E-state index contributed by atoms with van der Waals surface area (Å²) in [7, 11) is 0. The monoisotopic (exact) mass is 305 g/mol. The second-order valence-electron chi connectivity index (χ2n) is 5.20. The molecule has 2 atom stereocenters. The molecule has 1 N–H and O–H groups in total. The Morgan fingerprint density at radius 2 is 2.29 bits per heavy atom. The highest BCUT2D eigenvalue weighted by Gasteiger charge is 2.17. The molecule has 100 valence electrons. The van der Waals surface area contributed by atoms with Gasteiger partial charge in [-0.25, -0.2) is 0 Å². The standard InChI is InChI=1S/C13H24BrNO2/c1-10(2)8-11(14)9-15-13(16)6-5-12-4-3-7-17-12/h10-12H,3-9H2,1-2H3,(H,15,16). The summed E-state index contributed by atoms with van der Waals surface area (Å²) >= 11 is 3.58. The third kappa shape index (κ3) is 7.04. The van der Waals surface area contributed by atoms with Crippen LogP contribution in [0.15, 0.2) is 0 Å². The molecule has 2 unspecified atom stereocenters. The molecule has 1 saturated heterocycles. The Bertz CT molecular complexity index is 227. The number of rotatable bonds is 7. The van der Waals surface area contributed by atoms with Crippen LogP contribution in [0.3, 0.4) is 0 Å². The van der Waals surface area contributed by atoms with Gasteiger partial charge in [0.1, 0.15) is 0 Å². The molecule has 1 rings (SSSR count). The summed E-state index contributed by atoms with van der Waals surface area (Å²) < 4.78 is 5.49. The SMILES string of the molecule is CC(C)CC(Br)CNC(=O)CCC1CCCO1. The molecule has 0 aromatic rings. The van der Waals surface area contributed by atoms with Crippen molar-refractivity contribution in [2.24, 2.45) is 5.92 Å². The highest BCUT2D eigenvalue weighted by atomic mass is 79.9. The molecular formula is C13H24BrNO2. The van der Waals surface area contributed by atoms with E-state index >= 15 is 0 Å². The quantitative estimate of drug-likeness (QED) is 0.735. The molecule has 17 heavy (non-hydrogen) atoms. The largest absolute Gasteiger partial charge is 0.378 e. The number of alkyl halides is 1. The fraction of sp³-hybridized carbons (Fsp3) is 0.923. The first-order chi connectivity index (χ1) is 8.08. The van der Waals surface area contributed by atoms with Crippen molar-refractivity contribution < 1.29 is 9.53 Å². The minimum atomic E-state index is 0.147. The van der Waals surface area contributed by atoms with Crippen LogP contribution in [0.2, 0.25) is 0 Å². The van der Waals surface area contributed by atoms with Crippen LogP contribution in [-0.4, -0.2) is 30.0 Å². The normalized spacial score (nSPS) is 21.8. The van der Waals surface area contributed by atoms with Gasteiger partial charge in [0.2, 0.25) is 5.91 Å². The number of nitrogens with one attached hydrogen (secondary N) is 1. The van der Waals surface area contributed by atoms with E-state index in [1.165, 1.54) is 0 Å². The molecule has 0 aliphatic carbocycles. The maximum absolute atomic E-state index is 11.6. The Morgan fingerprint density at radius 1 is 1.53 bits per heavy atom. The molecule has 0 bridgehead atoms. The molecule has 1 amide bonds. The van der Waals surface area contributed by atoms with Gasteiger partial charge in [0.25, 0.3) is 0 Å². The average Bonchev–Trinajstić information content (AvgIpc) is 2.75. The van der Waals surface area contributed by atoms with Crippen LogP contribution in [0, 0.1) is 5.92 Å². The first-order valence-electron chi connectivity index (χ1n) is 6.60. The zero-order valence-corrected chi connectivity index (χ0v) is 12.5. The van der Waals surface area contributed by atoms with Gasteiger partial charge in [-0.05, 0) is 31.6 Å². The minimum absolute atomic E-state index is 0.147. The minimum Gasteiger partial charge on any atom is -0.378 e. The lowest BCUT2D eigenvalue weighted by Gasteiger charge is -2.14. The van der Waals surface area contributed by atoms with Gasteiger partial charge in [-0.15, -0.1) is 0 Å². The summed E-state index contributed by atoms with van der Waals surface area (Å²) in [5.41, 5.74) is 0. The van der Waals surface area contributed by atoms with E-state index in [1.807, 2.05) is 0 Å². The number of halogens is 1. The van der Waals surface area contributed by atoms with Crippen LogP contribution in [0.4, 0.5) is 0 Å². The molecule has 1 heterocycles. The Kier molecular flexibility index (Phi) is 7.12. The van der Waals surface area contributed by atoms with E-state index in [9.17, 15) is 4.79 Å². The molecule has 1 aliphatic heterocycles. The number of hydrogen-bond donors (Lipinski definition) is 1. The summed E-state index contributed by atoms with van der Waals surface area (Å²) in [5.74, 6) is 0.803.